The van der Waals surface area contributed by atoms with E-state index in [0.29, 0.717) is 31.0 Å². The monoisotopic (exact) mass is 1130 g/mol. The quantitative estimate of drug-likeness (QED) is 0.154. The summed E-state index contributed by atoms with van der Waals surface area (Å²) in [7, 11) is 1.32. The van der Waals surface area contributed by atoms with E-state index in [4.69, 9.17) is 18.7 Å². The number of aliphatic hydroxyl groups is 2. The topological polar surface area (TPSA) is 154 Å². The molecule has 0 spiro atoms. The smallest absolute Gasteiger partial charge is 0.302 e. The van der Waals surface area contributed by atoms with Crippen molar-refractivity contribution in [3.8, 4) is 0 Å². The largest absolute Gasteiger partial charge is 0.462 e. The van der Waals surface area contributed by atoms with Crippen LogP contribution in [0.5, 0.6) is 0 Å². The lowest BCUT2D eigenvalue weighted by Crippen LogP contribution is -2.74. The van der Waals surface area contributed by atoms with Gasteiger partial charge in [0.15, 0.2) is 0 Å². The van der Waals surface area contributed by atoms with Crippen LogP contribution in [0.4, 0.5) is 0 Å². The zero-order chi connectivity index (χ0) is 54.7. The summed E-state index contributed by atoms with van der Waals surface area (Å²) in [6.07, 6.45) is 8.99. The molecule has 2 aromatic carbocycles. The van der Waals surface area contributed by atoms with Gasteiger partial charge in [0.2, 0.25) is 0 Å². The highest BCUT2D eigenvalue weighted by atomic mass is 33.3. The molecule has 0 aromatic heterocycles. The van der Waals surface area contributed by atoms with Crippen molar-refractivity contribution in [2.75, 3.05) is 6.61 Å². The summed E-state index contributed by atoms with van der Waals surface area (Å²) in [6.45, 7) is 22.0. The summed E-state index contributed by atoms with van der Waals surface area (Å²) in [5, 5.41) is 24.2. The first-order valence-electron chi connectivity index (χ1n) is 27.1. The molecule has 1 aliphatic heterocycles. The van der Waals surface area contributed by atoms with Crippen LogP contribution in [0.25, 0.3) is 0 Å². The molecule has 6 aliphatic carbocycles. The average Bonchev–Trinajstić information content (AvgIpc) is 3.93. The summed E-state index contributed by atoms with van der Waals surface area (Å²) < 4.78 is 19.9. The minimum absolute atomic E-state index is 0.00197. The third-order valence-electron chi connectivity index (χ3n) is 21.0. The van der Waals surface area contributed by atoms with Crippen LogP contribution in [-0.2, 0) is 86.9 Å². The Hall–Kier alpha value is -2.41. The normalized spacial score (nSPS) is 40.2. The predicted molar refractivity (Wildman–Crippen MR) is 307 cm³/mol. The number of aliphatic hydroxyl groups excluding tert-OH is 2. The van der Waals surface area contributed by atoms with E-state index in [1.807, 2.05) is 6.92 Å². The van der Waals surface area contributed by atoms with Gasteiger partial charge >= 0.3 is 11.9 Å². The molecule has 2 unspecified atom stereocenters. The van der Waals surface area contributed by atoms with E-state index in [1.165, 1.54) is 57.8 Å². The zero-order valence-corrected chi connectivity index (χ0v) is 50.8. The number of hydrogen-bond acceptors (Lipinski definition) is 12. The molecule has 16 atom stereocenters. The SMILES string of the molecule is CC=O.CC[C@]1(C)C[C@@H](O)[C@@]2(C)C3C(=O)CC[C@@]3(CC[C@H]2CO)[C@@H](C)[C@@H]1OC(C)=O.CC[C@]1(C)C[C@H]2O[Si](c3ccccc3)(c3ccccc3)C[C@@H]3CC[C@]4(CCC(=O)C4[C@@]32C)[C@@H](C)[C@@H]1OC(C)=O.S=S=S=S=S. The Kier molecular flexibility index (Phi) is 20.0. The van der Waals surface area contributed by atoms with Crippen LogP contribution in [0.2, 0.25) is 6.04 Å². The Morgan fingerprint density at radius 2 is 1.18 bits per heavy atom. The number of hydrogen-bond donors (Lipinski definition) is 2. The highest BCUT2D eigenvalue weighted by molar-refractivity contribution is 8.59. The number of benzene rings is 2. The van der Waals surface area contributed by atoms with Crippen molar-refractivity contribution in [1.29, 1.82) is 0 Å². The molecule has 16 heteroatoms. The third kappa shape index (κ3) is 10.6. The van der Waals surface area contributed by atoms with Gasteiger partial charge in [0, 0.05) is 128 Å². The summed E-state index contributed by atoms with van der Waals surface area (Å²) in [6, 6.07) is 22.8. The molecule has 6 saturated carbocycles. The molecule has 1 heterocycles. The second kappa shape index (κ2) is 24.3. The number of ether oxygens (including phenoxy) is 2. The predicted octanol–water partition coefficient (Wildman–Crippen LogP) is 9.22. The third-order valence-corrected chi connectivity index (χ3v) is 29.8. The van der Waals surface area contributed by atoms with Gasteiger partial charge in [-0.05, 0) is 110 Å². The van der Waals surface area contributed by atoms with E-state index >= 15 is 0 Å². The fourth-order valence-corrected chi connectivity index (χ4v) is 24.5. The van der Waals surface area contributed by atoms with Crippen molar-refractivity contribution >= 4 is 97.5 Å². The van der Waals surface area contributed by atoms with Crippen LogP contribution in [0.3, 0.4) is 0 Å². The highest BCUT2D eigenvalue weighted by Gasteiger charge is 2.73. The number of carbonyl (C=O) groups is 5. The molecular weight excluding hydrogens is 1050 g/mol. The molecule has 10 nitrogen and oxygen atoms in total. The van der Waals surface area contributed by atoms with Gasteiger partial charge < -0.3 is 28.9 Å². The first kappa shape index (κ1) is 60.8. The second-order valence-corrected chi connectivity index (χ2v) is 32.8. The second-order valence-electron chi connectivity index (χ2n) is 24.0. The molecule has 2 aromatic rings. The number of esters is 2. The van der Waals surface area contributed by atoms with Gasteiger partial charge in [0.25, 0.3) is 8.32 Å². The number of aldehydes is 1. The van der Waals surface area contributed by atoms with E-state index in [2.05, 4.69) is 132 Å². The minimum Gasteiger partial charge on any atom is -0.462 e. The molecular formula is C58H84O10S5Si. The molecule has 0 amide bonds. The maximum atomic E-state index is 14.0. The number of Topliss-reactive ketones (excluding diaryl/α,β-unsaturated/α-hetero) is 2. The molecule has 410 valence electrons. The van der Waals surface area contributed by atoms with Crippen molar-refractivity contribution in [1.82, 2.24) is 0 Å². The van der Waals surface area contributed by atoms with E-state index in [-0.39, 0.29) is 99.3 Å². The molecule has 1 saturated heterocycles. The van der Waals surface area contributed by atoms with Crippen molar-refractivity contribution in [2.45, 2.75) is 184 Å². The maximum absolute atomic E-state index is 14.0. The van der Waals surface area contributed by atoms with Gasteiger partial charge in [-0.1, -0.05) is 116 Å². The van der Waals surface area contributed by atoms with Gasteiger partial charge in [0.1, 0.15) is 30.1 Å². The van der Waals surface area contributed by atoms with Crippen molar-refractivity contribution in [3.63, 3.8) is 0 Å². The minimum atomic E-state index is -2.62. The first-order chi connectivity index (χ1) is 35.0. The Bertz CT molecular complexity index is 2430. The maximum Gasteiger partial charge on any atom is 0.302 e. The van der Waals surface area contributed by atoms with Gasteiger partial charge in [-0.15, -0.1) is 0 Å². The highest BCUT2D eigenvalue weighted by Crippen LogP contribution is 2.71. The van der Waals surface area contributed by atoms with Crippen LogP contribution in [0.15, 0.2) is 60.7 Å². The molecule has 7 aliphatic rings. The fraction of sp³-hybridized carbons (Fsp3) is 0.707. The van der Waals surface area contributed by atoms with Gasteiger partial charge in [0.05, 0.1) is 12.2 Å². The van der Waals surface area contributed by atoms with Crippen LogP contribution in [-0.4, -0.2) is 79.3 Å². The van der Waals surface area contributed by atoms with E-state index in [9.17, 15) is 29.4 Å². The fourth-order valence-electron chi connectivity index (χ4n) is 17.0. The Morgan fingerprint density at radius 1 is 0.743 bits per heavy atom. The lowest BCUT2D eigenvalue weighted by molar-refractivity contribution is -0.214. The lowest BCUT2D eigenvalue weighted by atomic mass is 9.43. The van der Waals surface area contributed by atoms with Gasteiger partial charge in [-0.3, -0.25) is 19.2 Å². The molecule has 2 N–H and O–H groups in total. The van der Waals surface area contributed by atoms with Crippen molar-refractivity contribution in [2.24, 2.45) is 68.0 Å². The summed E-state index contributed by atoms with van der Waals surface area (Å²) in [5.41, 5.74) is -1.87. The molecule has 9 rings (SSSR count). The van der Waals surface area contributed by atoms with E-state index < -0.39 is 19.8 Å². The number of carbonyl (C=O) groups excluding carboxylic acids is 5. The van der Waals surface area contributed by atoms with Crippen LogP contribution < -0.4 is 10.4 Å². The molecule has 7 fully saturated rings. The zero-order valence-electron chi connectivity index (χ0n) is 45.7. The lowest BCUT2D eigenvalue weighted by Gasteiger charge is -2.67. The first-order valence-corrected chi connectivity index (χ1v) is 34.6. The van der Waals surface area contributed by atoms with Crippen LogP contribution >= 0.6 is 0 Å². The standard InChI is InChI=1S/C34H44O4Si.C22H36O5.C2H4O.S5/c1-6-32(4)21-29-33(5)25(17-19-34(20-18-28(36)30(33)34)23(2)31(32)37-24(3)35)22-39(38-29,26-13-9-7-10-14-26)27-15-11-8-12-16-27;1-6-20(4)11-17(26)21(5)15(12-23)7-9-22(10-8-16(25)18(21)22)13(2)19(20)27-14(3)24;1-2-3;1-3-5-4-2/h7-16,23,25,29-31H,6,17-22H2,1-5H3;13,15,17-19,23,26H,6-12H2,1-5H3;2H,1H3;/t23-,25-,29+,30?,31-,32+,33-,34-;13-,15-,17+,18?,19-,20+,21-,22-;;/m00../s1. The van der Waals surface area contributed by atoms with Crippen LogP contribution in [0, 0.1) is 68.0 Å². The van der Waals surface area contributed by atoms with Crippen molar-refractivity contribution in [3.05, 3.63) is 60.7 Å². The molecule has 4 bridgehead atoms. The average molecular weight is 1130 g/mol. The van der Waals surface area contributed by atoms with Gasteiger partial charge in [-0.2, -0.15) is 0 Å². The Balaban J connectivity index is 0.000000221. The van der Waals surface area contributed by atoms with Crippen molar-refractivity contribution < 1.29 is 48.1 Å². The van der Waals surface area contributed by atoms with E-state index in [1.54, 1.807) is 0 Å². The number of rotatable bonds is 7. The summed E-state index contributed by atoms with van der Waals surface area (Å²) >= 11 is 8.89. The number of ketones is 2. The molecule has 0 radical (unpaired) electrons. The molecule has 74 heavy (non-hydrogen) atoms. The Labute approximate surface area is 461 Å². The van der Waals surface area contributed by atoms with E-state index in [0.717, 1.165) is 70.1 Å². The van der Waals surface area contributed by atoms with Gasteiger partial charge in [-0.25, -0.2) is 0 Å². The summed E-state index contributed by atoms with van der Waals surface area (Å²) in [4.78, 5) is 60.3. The summed E-state index contributed by atoms with van der Waals surface area (Å²) in [5.74, 6) is 0.299. The Morgan fingerprint density at radius 3 is 1.58 bits per heavy atom. The van der Waals surface area contributed by atoms with Crippen LogP contribution in [0.1, 0.15) is 153 Å².